The molecule has 144 valence electrons. The van der Waals surface area contributed by atoms with Crippen molar-refractivity contribution >= 4 is 32.8 Å². The average Bonchev–Trinajstić information content (AvgIpc) is 3.27. The van der Waals surface area contributed by atoms with E-state index in [0.29, 0.717) is 16.1 Å². The Morgan fingerprint density at radius 1 is 1.21 bits per heavy atom. The molecule has 2 N–H and O–H groups in total. The normalized spacial score (nSPS) is 13.1. The molecule has 0 aliphatic heterocycles. The lowest BCUT2D eigenvalue weighted by molar-refractivity contribution is -0.141. The highest BCUT2D eigenvalue weighted by atomic mass is 32.1. The van der Waals surface area contributed by atoms with Gasteiger partial charge in [0.25, 0.3) is 5.91 Å². The highest BCUT2D eigenvalue weighted by molar-refractivity contribution is 7.15. The van der Waals surface area contributed by atoms with Gasteiger partial charge >= 0.3 is 6.18 Å². The quantitative estimate of drug-likeness (QED) is 0.541. The van der Waals surface area contributed by atoms with Gasteiger partial charge in [-0.1, -0.05) is 36.4 Å². The molecule has 0 aliphatic carbocycles. The number of amides is 1. The SMILES string of the molecule is O=C(NCc1ncn2c(C(F)(F)F)csc12)C(O)c1ccc2ccccc2c1. The Bertz CT molecular complexity index is 1170. The fraction of sp³-hybridized carbons (Fsp3) is 0.158. The Balaban J connectivity index is 1.49. The predicted octanol–water partition coefficient (Wildman–Crippen LogP) is 3.92. The third-order valence-corrected chi connectivity index (χ3v) is 5.39. The minimum atomic E-state index is -4.48. The summed E-state index contributed by atoms with van der Waals surface area (Å²) in [5, 5.41) is 15.7. The van der Waals surface area contributed by atoms with Crippen LogP contribution in [0.1, 0.15) is 23.1 Å². The highest BCUT2D eigenvalue weighted by Gasteiger charge is 2.35. The van der Waals surface area contributed by atoms with Gasteiger partial charge in [0.15, 0.2) is 6.10 Å². The topological polar surface area (TPSA) is 66.6 Å². The number of aliphatic hydroxyl groups is 1. The number of alkyl halides is 3. The lowest BCUT2D eigenvalue weighted by Crippen LogP contribution is -2.29. The van der Waals surface area contributed by atoms with Gasteiger partial charge in [-0.3, -0.25) is 9.20 Å². The van der Waals surface area contributed by atoms with Crippen molar-refractivity contribution in [2.75, 3.05) is 0 Å². The smallest absolute Gasteiger partial charge is 0.378 e. The summed E-state index contributed by atoms with van der Waals surface area (Å²) in [4.78, 5) is 16.6. The second-order valence-corrected chi connectivity index (χ2v) is 7.07. The minimum Gasteiger partial charge on any atom is -0.378 e. The van der Waals surface area contributed by atoms with E-state index in [4.69, 9.17) is 0 Å². The largest absolute Gasteiger partial charge is 0.432 e. The Hall–Kier alpha value is -2.91. The lowest BCUT2D eigenvalue weighted by Gasteiger charge is -2.12. The van der Waals surface area contributed by atoms with Gasteiger partial charge in [-0.25, -0.2) is 4.98 Å². The molecule has 0 saturated carbocycles. The van der Waals surface area contributed by atoms with Crippen molar-refractivity contribution in [3.8, 4) is 0 Å². The van der Waals surface area contributed by atoms with E-state index < -0.39 is 23.9 Å². The summed E-state index contributed by atoms with van der Waals surface area (Å²) in [6, 6.07) is 12.8. The van der Waals surface area contributed by atoms with Crippen LogP contribution in [0.25, 0.3) is 15.6 Å². The summed E-state index contributed by atoms with van der Waals surface area (Å²) < 4.78 is 39.8. The lowest BCUT2D eigenvalue weighted by atomic mass is 10.0. The number of nitrogens with one attached hydrogen (secondary N) is 1. The number of hydrogen-bond donors (Lipinski definition) is 2. The molecule has 0 spiro atoms. The summed E-state index contributed by atoms with van der Waals surface area (Å²) >= 11 is 0.899. The fourth-order valence-corrected chi connectivity index (χ4v) is 3.95. The molecule has 9 heteroatoms. The maximum Gasteiger partial charge on any atom is 0.432 e. The molecule has 2 heterocycles. The molecule has 28 heavy (non-hydrogen) atoms. The third kappa shape index (κ3) is 3.34. The van der Waals surface area contributed by atoms with Crippen LogP contribution < -0.4 is 5.32 Å². The molecule has 0 radical (unpaired) electrons. The maximum absolute atomic E-state index is 12.9. The van der Waals surface area contributed by atoms with Crippen molar-refractivity contribution in [3.05, 3.63) is 71.1 Å². The number of rotatable bonds is 4. The van der Waals surface area contributed by atoms with Crippen molar-refractivity contribution in [1.29, 1.82) is 0 Å². The number of hydrogen-bond acceptors (Lipinski definition) is 4. The molecule has 2 aromatic heterocycles. The van der Waals surface area contributed by atoms with Crippen LogP contribution in [0.2, 0.25) is 0 Å². The molecule has 0 saturated heterocycles. The molecule has 0 fully saturated rings. The van der Waals surface area contributed by atoms with Crippen molar-refractivity contribution in [3.63, 3.8) is 0 Å². The van der Waals surface area contributed by atoms with Crippen LogP contribution in [0.4, 0.5) is 13.2 Å². The number of benzene rings is 2. The van der Waals surface area contributed by atoms with Crippen molar-refractivity contribution < 1.29 is 23.1 Å². The van der Waals surface area contributed by atoms with Crippen LogP contribution in [0, 0.1) is 0 Å². The molecule has 0 aliphatic rings. The van der Waals surface area contributed by atoms with Crippen LogP contribution in [-0.4, -0.2) is 20.4 Å². The zero-order chi connectivity index (χ0) is 19.9. The summed E-state index contributed by atoms with van der Waals surface area (Å²) in [5.74, 6) is -0.649. The molecule has 0 bridgehead atoms. The monoisotopic (exact) mass is 405 g/mol. The van der Waals surface area contributed by atoms with E-state index in [0.717, 1.165) is 38.2 Å². The first-order valence-electron chi connectivity index (χ1n) is 8.29. The van der Waals surface area contributed by atoms with Crippen LogP contribution in [-0.2, 0) is 17.5 Å². The molecule has 1 unspecified atom stereocenters. The Morgan fingerprint density at radius 3 is 2.71 bits per heavy atom. The average molecular weight is 405 g/mol. The first-order valence-corrected chi connectivity index (χ1v) is 9.17. The second-order valence-electron chi connectivity index (χ2n) is 6.21. The predicted molar refractivity (Wildman–Crippen MR) is 98.8 cm³/mol. The Labute approximate surface area is 161 Å². The van der Waals surface area contributed by atoms with Crippen molar-refractivity contribution in [2.45, 2.75) is 18.8 Å². The number of imidazole rings is 1. The molecule has 5 nitrogen and oxygen atoms in total. The van der Waals surface area contributed by atoms with E-state index in [2.05, 4.69) is 10.3 Å². The zero-order valence-electron chi connectivity index (χ0n) is 14.3. The van der Waals surface area contributed by atoms with Gasteiger partial charge in [-0.15, -0.1) is 11.3 Å². The number of halogens is 3. The Morgan fingerprint density at radius 2 is 1.96 bits per heavy atom. The number of aliphatic hydroxyl groups excluding tert-OH is 1. The molecular weight excluding hydrogens is 391 g/mol. The second kappa shape index (κ2) is 6.92. The van der Waals surface area contributed by atoms with Gasteiger partial charge in [-0.05, 0) is 22.4 Å². The van der Waals surface area contributed by atoms with Gasteiger partial charge in [-0.2, -0.15) is 13.2 Å². The molecule has 1 amide bonds. The van der Waals surface area contributed by atoms with E-state index in [1.165, 1.54) is 0 Å². The summed E-state index contributed by atoms with van der Waals surface area (Å²) in [6.45, 7) is -0.0855. The van der Waals surface area contributed by atoms with Crippen LogP contribution >= 0.6 is 11.3 Å². The van der Waals surface area contributed by atoms with E-state index in [1.807, 2.05) is 30.3 Å². The van der Waals surface area contributed by atoms with Crippen LogP contribution in [0.3, 0.4) is 0 Å². The van der Waals surface area contributed by atoms with Gasteiger partial charge in [0.05, 0.1) is 12.2 Å². The maximum atomic E-state index is 12.9. The van der Waals surface area contributed by atoms with Crippen LogP contribution in [0.15, 0.2) is 54.2 Å². The van der Waals surface area contributed by atoms with Crippen molar-refractivity contribution in [1.82, 2.24) is 14.7 Å². The number of nitrogens with zero attached hydrogens (tertiary/aromatic N) is 2. The number of fused-ring (bicyclic) bond motifs is 2. The van der Waals surface area contributed by atoms with E-state index >= 15 is 0 Å². The number of carbonyl (C=O) groups excluding carboxylic acids is 1. The highest BCUT2D eigenvalue weighted by Crippen LogP contribution is 2.33. The van der Waals surface area contributed by atoms with Gasteiger partial charge in [0, 0.05) is 5.38 Å². The zero-order valence-corrected chi connectivity index (χ0v) is 15.1. The number of thiazole rings is 1. The molecule has 4 rings (SSSR count). The molecule has 4 aromatic rings. The molecule has 1 atom stereocenters. The van der Waals surface area contributed by atoms with Crippen LogP contribution in [0.5, 0.6) is 0 Å². The van der Waals surface area contributed by atoms with E-state index in [-0.39, 0.29) is 6.54 Å². The standard InChI is InChI=1S/C19H14F3N3O2S/c20-19(21,22)15-9-28-18-14(24-10-25(15)18)8-23-17(27)16(26)13-6-5-11-3-1-2-4-12(11)7-13/h1-7,9-10,16,26H,8H2,(H,23,27). The summed E-state index contributed by atoms with van der Waals surface area (Å²) in [5.41, 5.74) is -0.0741. The van der Waals surface area contributed by atoms with E-state index in [1.54, 1.807) is 12.1 Å². The van der Waals surface area contributed by atoms with E-state index in [9.17, 15) is 23.1 Å². The van der Waals surface area contributed by atoms with Gasteiger partial charge in [0.1, 0.15) is 16.9 Å². The summed E-state index contributed by atoms with van der Waals surface area (Å²) in [6.07, 6.45) is -4.79. The number of aromatic nitrogens is 2. The molecular formula is C19H14F3N3O2S. The number of carbonyl (C=O) groups is 1. The first kappa shape index (κ1) is 18.5. The van der Waals surface area contributed by atoms with Gasteiger partial charge < -0.3 is 10.4 Å². The molecule has 2 aromatic carbocycles. The summed E-state index contributed by atoms with van der Waals surface area (Å²) in [7, 11) is 0. The Kier molecular flexibility index (Phi) is 4.56. The first-order chi connectivity index (χ1) is 13.3. The van der Waals surface area contributed by atoms with Gasteiger partial charge in [0.2, 0.25) is 0 Å². The third-order valence-electron chi connectivity index (χ3n) is 4.39. The van der Waals surface area contributed by atoms with Crippen molar-refractivity contribution in [2.24, 2.45) is 0 Å². The fourth-order valence-electron chi connectivity index (χ4n) is 2.96. The minimum absolute atomic E-state index is 0.0855.